The monoisotopic (exact) mass is 251 g/mol. The lowest BCUT2D eigenvalue weighted by Gasteiger charge is -2.03. The summed E-state index contributed by atoms with van der Waals surface area (Å²) in [7, 11) is 1.70. The van der Waals surface area contributed by atoms with Crippen molar-refractivity contribution in [1.29, 1.82) is 0 Å². The van der Waals surface area contributed by atoms with Gasteiger partial charge in [-0.2, -0.15) is 0 Å². The van der Waals surface area contributed by atoms with Crippen LogP contribution in [0.1, 0.15) is 11.1 Å². The van der Waals surface area contributed by atoms with Crippen LogP contribution in [0, 0.1) is 0 Å². The Morgan fingerprint density at radius 2 is 1.74 bits per heavy atom. The number of aryl methyl sites for hydroxylation is 2. The Morgan fingerprint density at radius 3 is 2.53 bits per heavy atom. The summed E-state index contributed by atoms with van der Waals surface area (Å²) < 4.78 is 5.17. The van der Waals surface area contributed by atoms with Gasteiger partial charge in [0.05, 0.1) is 7.11 Å². The number of hydrogen-bond acceptors (Lipinski definition) is 1. The van der Waals surface area contributed by atoms with Crippen LogP contribution < -0.4 is 4.74 Å². The molecule has 1 N–H and O–H groups in total. The Labute approximate surface area is 113 Å². The molecule has 0 aliphatic rings. The van der Waals surface area contributed by atoms with Gasteiger partial charge >= 0.3 is 0 Å². The number of benzene rings is 2. The van der Waals surface area contributed by atoms with E-state index in [1.807, 2.05) is 12.1 Å². The number of fused-ring (bicyclic) bond motifs is 1. The van der Waals surface area contributed by atoms with Gasteiger partial charge in [0, 0.05) is 17.1 Å². The first-order valence-electron chi connectivity index (χ1n) is 6.55. The molecule has 0 radical (unpaired) electrons. The maximum atomic E-state index is 5.17. The second-order valence-corrected chi connectivity index (χ2v) is 4.71. The minimum atomic E-state index is 0.913. The lowest BCUT2D eigenvalue weighted by Crippen LogP contribution is -1.91. The van der Waals surface area contributed by atoms with E-state index in [2.05, 4.69) is 47.6 Å². The Morgan fingerprint density at radius 1 is 0.947 bits per heavy atom. The van der Waals surface area contributed by atoms with Crippen LogP contribution in [0.2, 0.25) is 0 Å². The summed E-state index contributed by atoms with van der Waals surface area (Å²) in [5, 5.41) is 1.33. The zero-order valence-corrected chi connectivity index (χ0v) is 11.0. The first kappa shape index (κ1) is 11.8. The largest absolute Gasteiger partial charge is 0.497 e. The maximum Gasteiger partial charge on any atom is 0.118 e. The molecular formula is C17H17NO. The molecule has 0 saturated carbocycles. The van der Waals surface area contributed by atoms with Gasteiger partial charge in [0.1, 0.15) is 5.75 Å². The summed E-state index contributed by atoms with van der Waals surface area (Å²) in [6, 6.07) is 16.7. The number of aromatic nitrogens is 1. The van der Waals surface area contributed by atoms with Crippen molar-refractivity contribution in [2.24, 2.45) is 0 Å². The van der Waals surface area contributed by atoms with Crippen LogP contribution in [0.25, 0.3) is 10.9 Å². The SMILES string of the molecule is COc1ccc(CCc2c[nH]c3ccccc23)cc1. The van der Waals surface area contributed by atoms with E-state index in [1.165, 1.54) is 22.0 Å². The third-order valence-corrected chi connectivity index (χ3v) is 3.52. The smallest absolute Gasteiger partial charge is 0.118 e. The van der Waals surface area contributed by atoms with Gasteiger partial charge in [0.2, 0.25) is 0 Å². The Bertz CT molecular complexity index is 667. The molecule has 0 aliphatic carbocycles. The summed E-state index contributed by atoms with van der Waals surface area (Å²) in [6.07, 6.45) is 4.22. The molecular weight excluding hydrogens is 234 g/mol. The summed E-state index contributed by atoms with van der Waals surface area (Å²) in [4.78, 5) is 3.32. The van der Waals surface area contributed by atoms with E-state index < -0.39 is 0 Å². The number of para-hydroxylation sites is 1. The second-order valence-electron chi connectivity index (χ2n) is 4.71. The zero-order chi connectivity index (χ0) is 13.1. The van der Waals surface area contributed by atoms with E-state index in [1.54, 1.807) is 7.11 Å². The van der Waals surface area contributed by atoms with E-state index in [-0.39, 0.29) is 0 Å². The number of rotatable bonds is 4. The van der Waals surface area contributed by atoms with Crippen LogP contribution in [0.3, 0.4) is 0 Å². The van der Waals surface area contributed by atoms with Gasteiger partial charge in [-0.05, 0) is 42.2 Å². The minimum absolute atomic E-state index is 0.913. The molecule has 0 bridgehead atoms. The van der Waals surface area contributed by atoms with Crippen LogP contribution in [0.5, 0.6) is 5.75 Å². The Balaban J connectivity index is 1.74. The molecule has 0 fully saturated rings. The number of methoxy groups -OCH3 is 1. The Kier molecular flexibility index (Phi) is 3.23. The summed E-state index contributed by atoms with van der Waals surface area (Å²) in [5.74, 6) is 0.913. The fraction of sp³-hybridized carbons (Fsp3) is 0.176. The molecule has 0 saturated heterocycles. The highest BCUT2D eigenvalue weighted by Gasteiger charge is 2.03. The number of aromatic amines is 1. The molecule has 96 valence electrons. The normalized spacial score (nSPS) is 10.8. The van der Waals surface area contributed by atoms with Crippen LogP contribution >= 0.6 is 0 Å². The maximum absolute atomic E-state index is 5.17. The average molecular weight is 251 g/mol. The van der Waals surface area contributed by atoms with Gasteiger partial charge in [-0.3, -0.25) is 0 Å². The number of hydrogen-bond donors (Lipinski definition) is 1. The van der Waals surface area contributed by atoms with E-state index in [9.17, 15) is 0 Å². The lowest BCUT2D eigenvalue weighted by molar-refractivity contribution is 0.414. The van der Waals surface area contributed by atoms with Crippen molar-refractivity contribution in [3.05, 3.63) is 65.9 Å². The van der Waals surface area contributed by atoms with Gasteiger partial charge in [-0.1, -0.05) is 30.3 Å². The molecule has 2 nitrogen and oxygen atoms in total. The first-order valence-corrected chi connectivity index (χ1v) is 6.55. The van der Waals surface area contributed by atoms with Crippen LogP contribution in [0.15, 0.2) is 54.7 Å². The highest BCUT2D eigenvalue weighted by atomic mass is 16.5. The second kappa shape index (κ2) is 5.19. The number of H-pyrrole nitrogens is 1. The molecule has 2 aromatic carbocycles. The predicted octanol–water partition coefficient (Wildman–Crippen LogP) is 3.96. The summed E-state index contributed by atoms with van der Waals surface area (Å²) in [5.41, 5.74) is 3.93. The van der Waals surface area contributed by atoms with Gasteiger partial charge in [-0.15, -0.1) is 0 Å². The number of nitrogens with one attached hydrogen (secondary N) is 1. The molecule has 1 heterocycles. The minimum Gasteiger partial charge on any atom is -0.497 e. The van der Waals surface area contributed by atoms with Crippen molar-refractivity contribution in [2.45, 2.75) is 12.8 Å². The standard InChI is InChI=1S/C17H17NO/c1-19-15-10-7-13(8-11-15)6-9-14-12-18-17-5-3-2-4-16(14)17/h2-5,7-8,10-12,18H,6,9H2,1H3. The van der Waals surface area contributed by atoms with Crippen LogP contribution in [0.4, 0.5) is 0 Å². The average Bonchev–Trinajstić information content (AvgIpc) is 2.89. The van der Waals surface area contributed by atoms with Crippen molar-refractivity contribution in [3.63, 3.8) is 0 Å². The fourth-order valence-corrected chi connectivity index (χ4v) is 2.41. The van der Waals surface area contributed by atoms with Crippen molar-refractivity contribution in [1.82, 2.24) is 4.98 Å². The van der Waals surface area contributed by atoms with Crippen molar-refractivity contribution in [2.75, 3.05) is 7.11 Å². The molecule has 1 aromatic heterocycles. The van der Waals surface area contributed by atoms with E-state index in [0.29, 0.717) is 0 Å². The van der Waals surface area contributed by atoms with E-state index >= 15 is 0 Å². The third-order valence-electron chi connectivity index (χ3n) is 3.52. The molecule has 0 amide bonds. The van der Waals surface area contributed by atoms with Gasteiger partial charge < -0.3 is 9.72 Å². The molecule has 0 unspecified atom stereocenters. The fourth-order valence-electron chi connectivity index (χ4n) is 2.41. The molecule has 3 rings (SSSR count). The van der Waals surface area contributed by atoms with E-state index in [4.69, 9.17) is 4.74 Å². The molecule has 0 atom stereocenters. The quantitative estimate of drug-likeness (QED) is 0.746. The molecule has 3 aromatic rings. The van der Waals surface area contributed by atoms with Gasteiger partial charge in [0.15, 0.2) is 0 Å². The van der Waals surface area contributed by atoms with Gasteiger partial charge in [0.25, 0.3) is 0 Å². The van der Waals surface area contributed by atoms with Gasteiger partial charge in [-0.25, -0.2) is 0 Å². The van der Waals surface area contributed by atoms with Crippen LogP contribution in [-0.2, 0) is 12.8 Å². The first-order chi connectivity index (χ1) is 9.36. The molecule has 2 heteroatoms. The van der Waals surface area contributed by atoms with Crippen molar-refractivity contribution < 1.29 is 4.74 Å². The Hall–Kier alpha value is -2.22. The molecule has 19 heavy (non-hydrogen) atoms. The van der Waals surface area contributed by atoms with Crippen LogP contribution in [-0.4, -0.2) is 12.1 Å². The zero-order valence-electron chi connectivity index (χ0n) is 11.0. The highest BCUT2D eigenvalue weighted by Crippen LogP contribution is 2.20. The number of ether oxygens (including phenoxy) is 1. The summed E-state index contributed by atoms with van der Waals surface area (Å²) in [6.45, 7) is 0. The van der Waals surface area contributed by atoms with Crippen molar-refractivity contribution in [3.8, 4) is 5.75 Å². The topological polar surface area (TPSA) is 25.0 Å². The van der Waals surface area contributed by atoms with Crippen molar-refractivity contribution >= 4 is 10.9 Å². The van der Waals surface area contributed by atoms with E-state index in [0.717, 1.165) is 18.6 Å². The lowest BCUT2D eigenvalue weighted by atomic mass is 10.0. The predicted molar refractivity (Wildman–Crippen MR) is 78.7 cm³/mol. The molecule has 0 spiro atoms. The highest BCUT2D eigenvalue weighted by molar-refractivity contribution is 5.83. The third kappa shape index (κ3) is 2.48. The molecule has 0 aliphatic heterocycles. The summed E-state index contributed by atoms with van der Waals surface area (Å²) >= 11 is 0.